The second kappa shape index (κ2) is 4.58. The lowest BCUT2D eigenvalue weighted by Gasteiger charge is -2.34. The summed E-state index contributed by atoms with van der Waals surface area (Å²) in [5.41, 5.74) is 5.86. The fraction of sp³-hybridized carbons (Fsp3) is 1.00. The molecule has 0 radical (unpaired) electrons. The molecular formula is C9H18BrNO. The van der Waals surface area contributed by atoms with Gasteiger partial charge in [0.25, 0.3) is 0 Å². The molecule has 0 bridgehead atoms. The molecule has 1 rings (SSSR count). The third-order valence-corrected chi connectivity index (χ3v) is 3.85. The van der Waals surface area contributed by atoms with Gasteiger partial charge in [-0.15, -0.1) is 0 Å². The number of alkyl halides is 1. The molecule has 0 spiro atoms. The van der Waals surface area contributed by atoms with Gasteiger partial charge >= 0.3 is 0 Å². The summed E-state index contributed by atoms with van der Waals surface area (Å²) in [6, 6.07) is 0.308. The van der Waals surface area contributed by atoms with Crippen molar-refractivity contribution < 1.29 is 4.74 Å². The minimum atomic E-state index is 0.308. The molecule has 2 N–H and O–H groups in total. The summed E-state index contributed by atoms with van der Waals surface area (Å²) in [7, 11) is 1.78. The number of hydrogen-bond acceptors (Lipinski definition) is 2. The van der Waals surface area contributed by atoms with Crippen molar-refractivity contribution in [1.82, 2.24) is 0 Å². The Morgan fingerprint density at radius 1 is 1.50 bits per heavy atom. The van der Waals surface area contributed by atoms with Gasteiger partial charge < -0.3 is 10.5 Å². The molecule has 0 aromatic heterocycles. The Labute approximate surface area is 83.0 Å². The summed E-state index contributed by atoms with van der Waals surface area (Å²) >= 11 is 3.63. The van der Waals surface area contributed by atoms with Crippen LogP contribution in [0.25, 0.3) is 0 Å². The van der Waals surface area contributed by atoms with E-state index in [2.05, 4.69) is 22.9 Å². The Hall–Kier alpha value is 0.400. The lowest BCUT2D eigenvalue weighted by Crippen LogP contribution is -2.38. The van der Waals surface area contributed by atoms with Gasteiger partial charge in [-0.05, 0) is 32.1 Å². The van der Waals surface area contributed by atoms with Crippen LogP contribution in [0.5, 0.6) is 0 Å². The SMILES string of the molecule is COC1CC(C(C)N)CCC1Br. The van der Waals surface area contributed by atoms with E-state index in [9.17, 15) is 0 Å². The highest BCUT2D eigenvalue weighted by Crippen LogP contribution is 2.31. The molecule has 0 heterocycles. The maximum absolute atomic E-state index is 5.86. The number of ether oxygens (including phenoxy) is 1. The number of methoxy groups -OCH3 is 1. The summed E-state index contributed by atoms with van der Waals surface area (Å²) in [5.74, 6) is 0.642. The molecule has 1 aliphatic rings. The molecule has 0 saturated heterocycles. The molecule has 4 atom stereocenters. The summed E-state index contributed by atoms with van der Waals surface area (Å²) < 4.78 is 5.38. The highest BCUT2D eigenvalue weighted by Gasteiger charge is 2.30. The first-order chi connectivity index (χ1) is 5.65. The lowest BCUT2D eigenvalue weighted by molar-refractivity contribution is 0.0535. The Balaban J connectivity index is 2.44. The predicted octanol–water partition coefficient (Wildman–Crippen LogP) is 1.91. The number of nitrogens with two attached hydrogens (primary N) is 1. The smallest absolute Gasteiger partial charge is 0.0699 e. The van der Waals surface area contributed by atoms with Crippen molar-refractivity contribution in [2.75, 3.05) is 7.11 Å². The van der Waals surface area contributed by atoms with Gasteiger partial charge in [-0.25, -0.2) is 0 Å². The monoisotopic (exact) mass is 235 g/mol. The summed E-state index contributed by atoms with van der Waals surface area (Å²) in [6.07, 6.45) is 3.87. The molecule has 0 amide bonds. The molecule has 12 heavy (non-hydrogen) atoms. The van der Waals surface area contributed by atoms with Crippen LogP contribution in [0.15, 0.2) is 0 Å². The Kier molecular flexibility index (Phi) is 4.00. The summed E-state index contributed by atoms with van der Waals surface area (Å²) in [5, 5.41) is 0. The first-order valence-electron chi connectivity index (χ1n) is 4.57. The molecule has 0 aromatic carbocycles. The van der Waals surface area contributed by atoms with E-state index in [0.717, 1.165) is 6.42 Å². The topological polar surface area (TPSA) is 35.2 Å². The van der Waals surface area contributed by atoms with Crippen molar-refractivity contribution in [3.8, 4) is 0 Å². The average Bonchev–Trinajstić information content (AvgIpc) is 2.05. The van der Waals surface area contributed by atoms with E-state index in [1.54, 1.807) is 7.11 Å². The maximum Gasteiger partial charge on any atom is 0.0699 e. The van der Waals surface area contributed by atoms with E-state index in [0.29, 0.717) is 22.9 Å². The predicted molar refractivity (Wildman–Crippen MR) is 54.5 cm³/mol. The van der Waals surface area contributed by atoms with E-state index in [4.69, 9.17) is 10.5 Å². The van der Waals surface area contributed by atoms with Crippen LogP contribution in [0.2, 0.25) is 0 Å². The van der Waals surface area contributed by atoms with Gasteiger partial charge in [0.2, 0.25) is 0 Å². The van der Waals surface area contributed by atoms with Gasteiger partial charge in [0.15, 0.2) is 0 Å². The highest BCUT2D eigenvalue weighted by molar-refractivity contribution is 9.09. The zero-order valence-electron chi connectivity index (χ0n) is 7.79. The fourth-order valence-electron chi connectivity index (χ4n) is 1.84. The molecule has 0 aliphatic heterocycles. The van der Waals surface area contributed by atoms with Crippen LogP contribution in [0.3, 0.4) is 0 Å². The van der Waals surface area contributed by atoms with Crippen molar-refractivity contribution in [3.63, 3.8) is 0 Å². The lowest BCUT2D eigenvalue weighted by atomic mass is 9.83. The van der Waals surface area contributed by atoms with Crippen LogP contribution >= 0.6 is 15.9 Å². The Morgan fingerprint density at radius 3 is 2.67 bits per heavy atom. The average molecular weight is 236 g/mol. The standard InChI is InChI=1S/C9H18BrNO/c1-6(11)7-3-4-8(10)9(5-7)12-2/h6-9H,3-5,11H2,1-2H3. The van der Waals surface area contributed by atoms with Gasteiger partial charge in [0.1, 0.15) is 0 Å². The molecule has 1 aliphatic carbocycles. The van der Waals surface area contributed by atoms with Crippen molar-refractivity contribution in [2.24, 2.45) is 11.7 Å². The third-order valence-electron chi connectivity index (χ3n) is 2.80. The molecule has 1 saturated carbocycles. The second-order valence-electron chi connectivity index (χ2n) is 3.72. The second-order valence-corrected chi connectivity index (χ2v) is 4.90. The minimum Gasteiger partial charge on any atom is -0.380 e. The Morgan fingerprint density at radius 2 is 2.17 bits per heavy atom. The van der Waals surface area contributed by atoms with Crippen molar-refractivity contribution in [2.45, 2.75) is 43.2 Å². The number of rotatable bonds is 2. The quantitative estimate of drug-likeness (QED) is 0.743. The third kappa shape index (κ3) is 2.44. The maximum atomic E-state index is 5.86. The zero-order valence-corrected chi connectivity index (χ0v) is 9.38. The largest absolute Gasteiger partial charge is 0.380 e. The summed E-state index contributed by atoms with van der Waals surface area (Å²) in [4.78, 5) is 0.525. The molecule has 2 nitrogen and oxygen atoms in total. The molecule has 0 aromatic rings. The van der Waals surface area contributed by atoms with Crippen molar-refractivity contribution >= 4 is 15.9 Å². The highest BCUT2D eigenvalue weighted by atomic mass is 79.9. The van der Waals surface area contributed by atoms with Gasteiger partial charge in [0.05, 0.1) is 6.10 Å². The Bertz CT molecular complexity index is 140. The molecule has 1 fully saturated rings. The van der Waals surface area contributed by atoms with E-state index in [1.165, 1.54) is 12.8 Å². The molecular weight excluding hydrogens is 218 g/mol. The van der Waals surface area contributed by atoms with Gasteiger partial charge in [-0.2, -0.15) is 0 Å². The van der Waals surface area contributed by atoms with Gasteiger partial charge in [0, 0.05) is 18.0 Å². The van der Waals surface area contributed by atoms with E-state index in [1.807, 2.05) is 0 Å². The summed E-state index contributed by atoms with van der Waals surface area (Å²) in [6.45, 7) is 2.09. The van der Waals surface area contributed by atoms with Gasteiger partial charge in [-0.1, -0.05) is 15.9 Å². The minimum absolute atomic E-state index is 0.308. The van der Waals surface area contributed by atoms with E-state index >= 15 is 0 Å². The number of hydrogen-bond donors (Lipinski definition) is 1. The number of halogens is 1. The first kappa shape index (κ1) is 10.5. The van der Waals surface area contributed by atoms with Crippen LogP contribution in [-0.2, 0) is 4.74 Å². The van der Waals surface area contributed by atoms with Crippen LogP contribution in [0.4, 0.5) is 0 Å². The molecule has 4 unspecified atom stereocenters. The first-order valence-corrected chi connectivity index (χ1v) is 5.49. The normalized spacial score (nSPS) is 39.5. The van der Waals surface area contributed by atoms with Crippen molar-refractivity contribution in [3.05, 3.63) is 0 Å². The fourth-order valence-corrected chi connectivity index (χ4v) is 2.54. The van der Waals surface area contributed by atoms with Crippen LogP contribution in [0.1, 0.15) is 26.2 Å². The van der Waals surface area contributed by atoms with Crippen molar-refractivity contribution in [1.29, 1.82) is 0 Å². The van der Waals surface area contributed by atoms with Crippen LogP contribution in [0, 0.1) is 5.92 Å². The van der Waals surface area contributed by atoms with Crippen LogP contribution in [-0.4, -0.2) is 24.1 Å². The van der Waals surface area contributed by atoms with Gasteiger partial charge in [-0.3, -0.25) is 0 Å². The molecule has 3 heteroatoms. The molecule has 72 valence electrons. The van der Waals surface area contributed by atoms with E-state index < -0.39 is 0 Å². The van der Waals surface area contributed by atoms with E-state index in [-0.39, 0.29) is 0 Å². The van der Waals surface area contributed by atoms with Crippen LogP contribution < -0.4 is 5.73 Å². The zero-order chi connectivity index (χ0) is 9.14.